The first-order chi connectivity index (χ1) is 6.34. The maximum atomic E-state index is 4.16. The van der Waals surface area contributed by atoms with E-state index in [1.807, 2.05) is 5.38 Å². The molecule has 2 rings (SSSR count). The minimum atomic E-state index is 0.685. The van der Waals surface area contributed by atoms with Crippen LogP contribution in [0.4, 0.5) is 10.9 Å². The summed E-state index contributed by atoms with van der Waals surface area (Å²) < 4.78 is 0.703. The van der Waals surface area contributed by atoms with Gasteiger partial charge in [-0.25, -0.2) is 9.97 Å². The number of hydrogen-bond donors (Lipinski definition) is 1. The molecular formula is C7H5BrN4S. The lowest BCUT2D eigenvalue weighted by atomic mass is 10.7. The van der Waals surface area contributed by atoms with Crippen LogP contribution in [0.25, 0.3) is 0 Å². The molecule has 2 aromatic heterocycles. The standard InChI is InChI=1S/C7H5BrN4S/c8-5-3-9-4-6(11-5)12-7-10-1-2-13-7/h1-4H,(H,10,11,12). The maximum Gasteiger partial charge on any atom is 0.188 e. The van der Waals surface area contributed by atoms with Gasteiger partial charge in [0.2, 0.25) is 0 Å². The van der Waals surface area contributed by atoms with Crippen LogP contribution < -0.4 is 5.32 Å². The van der Waals surface area contributed by atoms with Crippen molar-refractivity contribution in [2.24, 2.45) is 0 Å². The number of aromatic nitrogens is 3. The molecule has 4 nitrogen and oxygen atoms in total. The normalized spacial score (nSPS) is 9.92. The van der Waals surface area contributed by atoms with Gasteiger partial charge in [0.1, 0.15) is 4.60 Å². The average molecular weight is 257 g/mol. The second-order valence-corrected chi connectivity index (χ2v) is 3.90. The predicted octanol–water partition coefficient (Wildman–Crippen LogP) is 2.44. The molecule has 0 spiro atoms. The van der Waals surface area contributed by atoms with Crippen molar-refractivity contribution in [2.75, 3.05) is 5.32 Å². The largest absolute Gasteiger partial charge is 0.315 e. The molecule has 0 aromatic carbocycles. The lowest BCUT2D eigenvalue weighted by Crippen LogP contribution is -1.93. The van der Waals surface area contributed by atoms with Crippen LogP contribution in [-0.2, 0) is 0 Å². The van der Waals surface area contributed by atoms with Gasteiger partial charge >= 0.3 is 0 Å². The predicted molar refractivity (Wildman–Crippen MR) is 55.1 cm³/mol. The third-order valence-corrected chi connectivity index (χ3v) is 2.34. The molecule has 0 radical (unpaired) electrons. The highest BCUT2D eigenvalue weighted by Crippen LogP contribution is 2.16. The van der Waals surface area contributed by atoms with Crippen molar-refractivity contribution in [3.05, 3.63) is 28.6 Å². The smallest absolute Gasteiger partial charge is 0.188 e. The maximum absolute atomic E-state index is 4.16. The zero-order valence-corrected chi connectivity index (χ0v) is 8.84. The number of nitrogens with zero attached hydrogens (tertiary/aromatic N) is 3. The van der Waals surface area contributed by atoms with E-state index in [0.717, 1.165) is 5.13 Å². The second-order valence-electron chi connectivity index (χ2n) is 2.19. The fraction of sp³-hybridized carbons (Fsp3) is 0. The molecule has 0 saturated heterocycles. The number of anilines is 2. The molecule has 2 aromatic rings. The van der Waals surface area contributed by atoms with E-state index in [0.29, 0.717) is 10.4 Å². The topological polar surface area (TPSA) is 50.7 Å². The Bertz CT molecular complexity index is 389. The molecule has 0 saturated carbocycles. The van der Waals surface area contributed by atoms with Gasteiger partial charge in [-0.05, 0) is 15.9 Å². The quantitative estimate of drug-likeness (QED) is 0.897. The average Bonchev–Trinajstić information content (AvgIpc) is 2.57. The fourth-order valence-corrected chi connectivity index (χ4v) is 1.64. The number of thiazole rings is 1. The zero-order chi connectivity index (χ0) is 9.10. The summed E-state index contributed by atoms with van der Waals surface area (Å²) in [7, 11) is 0. The Hall–Kier alpha value is -1.01. The lowest BCUT2D eigenvalue weighted by Gasteiger charge is -1.99. The highest BCUT2D eigenvalue weighted by atomic mass is 79.9. The Morgan fingerprint density at radius 2 is 2.31 bits per heavy atom. The summed E-state index contributed by atoms with van der Waals surface area (Å²) in [6.45, 7) is 0. The van der Waals surface area contributed by atoms with Gasteiger partial charge in [0.05, 0.1) is 12.4 Å². The lowest BCUT2D eigenvalue weighted by molar-refractivity contribution is 1.16. The fourth-order valence-electron chi connectivity index (χ4n) is 0.797. The van der Waals surface area contributed by atoms with Crippen molar-refractivity contribution in [2.45, 2.75) is 0 Å². The van der Waals surface area contributed by atoms with Gasteiger partial charge in [-0.2, -0.15) is 0 Å². The van der Waals surface area contributed by atoms with E-state index < -0.39 is 0 Å². The van der Waals surface area contributed by atoms with E-state index in [9.17, 15) is 0 Å². The number of hydrogen-bond acceptors (Lipinski definition) is 5. The molecule has 66 valence electrons. The molecule has 0 fully saturated rings. The van der Waals surface area contributed by atoms with Gasteiger partial charge in [-0.1, -0.05) is 0 Å². The van der Waals surface area contributed by atoms with Crippen LogP contribution in [0.15, 0.2) is 28.6 Å². The van der Waals surface area contributed by atoms with Crippen molar-refractivity contribution in [3.8, 4) is 0 Å². The van der Waals surface area contributed by atoms with Crippen molar-refractivity contribution < 1.29 is 0 Å². The van der Waals surface area contributed by atoms with Gasteiger partial charge in [0, 0.05) is 11.6 Å². The summed E-state index contributed by atoms with van der Waals surface area (Å²) in [5.41, 5.74) is 0. The minimum absolute atomic E-state index is 0.685. The Balaban J connectivity index is 2.19. The molecule has 0 aliphatic heterocycles. The number of nitrogens with one attached hydrogen (secondary N) is 1. The Labute approximate surface area is 87.2 Å². The van der Waals surface area contributed by atoms with Crippen LogP contribution in [0.3, 0.4) is 0 Å². The highest BCUT2D eigenvalue weighted by molar-refractivity contribution is 9.10. The first-order valence-corrected chi connectivity index (χ1v) is 5.16. The van der Waals surface area contributed by atoms with Crippen LogP contribution in [0.5, 0.6) is 0 Å². The van der Waals surface area contributed by atoms with Crippen molar-refractivity contribution in [3.63, 3.8) is 0 Å². The summed E-state index contributed by atoms with van der Waals surface area (Å²) in [4.78, 5) is 12.2. The molecule has 1 N–H and O–H groups in total. The van der Waals surface area contributed by atoms with Gasteiger partial charge in [-0.15, -0.1) is 11.3 Å². The molecule has 0 atom stereocenters. The van der Waals surface area contributed by atoms with Gasteiger partial charge in [0.25, 0.3) is 0 Å². The molecule has 0 bridgehead atoms. The molecule has 0 unspecified atom stereocenters. The summed E-state index contributed by atoms with van der Waals surface area (Å²) in [6.07, 6.45) is 5.01. The molecule has 6 heteroatoms. The first-order valence-electron chi connectivity index (χ1n) is 3.48. The van der Waals surface area contributed by atoms with Crippen molar-refractivity contribution >= 4 is 38.2 Å². The van der Waals surface area contributed by atoms with Gasteiger partial charge in [0.15, 0.2) is 10.9 Å². The molecule has 2 heterocycles. The first kappa shape index (κ1) is 8.58. The SMILES string of the molecule is Brc1cncc(Nc2nccs2)n1. The van der Waals surface area contributed by atoms with Crippen LogP contribution in [0.2, 0.25) is 0 Å². The van der Waals surface area contributed by atoms with Crippen molar-refractivity contribution in [1.29, 1.82) is 0 Å². The minimum Gasteiger partial charge on any atom is -0.315 e. The third-order valence-electron chi connectivity index (χ3n) is 1.27. The van der Waals surface area contributed by atoms with Crippen LogP contribution in [0.1, 0.15) is 0 Å². The summed E-state index contributed by atoms with van der Waals surface area (Å²) in [6, 6.07) is 0. The Morgan fingerprint density at radius 3 is 3.00 bits per heavy atom. The number of rotatable bonds is 2. The van der Waals surface area contributed by atoms with E-state index in [4.69, 9.17) is 0 Å². The summed E-state index contributed by atoms with van der Waals surface area (Å²) in [5.74, 6) is 0.685. The third kappa shape index (κ3) is 2.22. The number of halogens is 1. The summed E-state index contributed by atoms with van der Waals surface area (Å²) in [5, 5.41) is 5.74. The zero-order valence-electron chi connectivity index (χ0n) is 6.44. The van der Waals surface area contributed by atoms with E-state index in [-0.39, 0.29) is 0 Å². The molecular weight excluding hydrogens is 252 g/mol. The van der Waals surface area contributed by atoms with Crippen LogP contribution in [0, 0.1) is 0 Å². The monoisotopic (exact) mass is 256 g/mol. The highest BCUT2D eigenvalue weighted by Gasteiger charge is 1.98. The van der Waals surface area contributed by atoms with E-state index in [1.54, 1.807) is 18.6 Å². The summed E-state index contributed by atoms with van der Waals surface area (Å²) >= 11 is 4.75. The second kappa shape index (κ2) is 3.80. The van der Waals surface area contributed by atoms with Gasteiger partial charge in [-0.3, -0.25) is 4.98 Å². The molecule has 13 heavy (non-hydrogen) atoms. The van der Waals surface area contributed by atoms with E-state index >= 15 is 0 Å². The van der Waals surface area contributed by atoms with Crippen molar-refractivity contribution in [1.82, 2.24) is 15.0 Å². The van der Waals surface area contributed by atoms with Crippen LogP contribution >= 0.6 is 27.3 Å². The Kier molecular flexibility index (Phi) is 2.51. The molecule has 0 amide bonds. The molecule has 0 aliphatic rings. The van der Waals surface area contributed by atoms with Gasteiger partial charge < -0.3 is 5.32 Å². The molecule has 0 aliphatic carbocycles. The van der Waals surface area contributed by atoms with Crippen LogP contribution in [-0.4, -0.2) is 15.0 Å². The van der Waals surface area contributed by atoms with E-state index in [1.165, 1.54) is 11.3 Å². The Morgan fingerprint density at radius 1 is 1.38 bits per heavy atom. The van der Waals surface area contributed by atoms with E-state index in [2.05, 4.69) is 36.2 Å².